The molecule has 2 aliphatic rings. The maximum absolute atomic E-state index is 6.36. The summed E-state index contributed by atoms with van der Waals surface area (Å²) in [4.78, 5) is 4.51. The average molecular weight is 264 g/mol. The number of ether oxygens (including phenoxy) is 1. The van der Waals surface area contributed by atoms with Crippen molar-refractivity contribution in [3.8, 4) is 0 Å². The van der Waals surface area contributed by atoms with Crippen LogP contribution in [0.2, 0.25) is 0 Å². The van der Waals surface area contributed by atoms with E-state index in [4.69, 9.17) is 4.74 Å². The van der Waals surface area contributed by atoms with Gasteiger partial charge in [0.15, 0.2) is 0 Å². The number of hydrogen-bond acceptors (Lipinski definition) is 3. The Bertz CT molecular complexity index is 356. The maximum Gasteiger partial charge on any atom is 0.212 e. The molecule has 1 spiro atoms. The van der Waals surface area contributed by atoms with Gasteiger partial charge in [0, 0.05) is 18.2 Å². The largest absolute Gasteiger partial charge is 0.474 e. The normalized spacial score (nSPS) is 26.6. The highest BCUT2D eigenvalue weighted by atomic mass is 16.5. The van der Waals surface area contributed by atoms with E-state index in [2.05, 4.69) is 24.2 Å². The molecule has 1 N–H and O–H groups in total. The quantitative estimate of drug-likeness (QED) is 0.587. The average Bonchev–Trinajstić information content (AvgIpc) is 3.19. The topological polar surface area (TPSA) is 33.6 Å². The van der Waals surface area contributed by atoms with E-state index in [0.29, 0.717) is 11.5 Å². The molecule has 2 rings (SSSR count). The van der Waals surface area contributed by atoms with E-state index >= 15 is 0 Å². The molecule has 0 bridgehead atoms. The molecule has 0 aromatic rings. The van der Waals surface area contributed by atoms with E-state index in [1.54, 1.807) is 0 Å². The Morgan fingerprint density at radius 2 is 2.21 bits per heavy atom. The van der Waals surface area contributed by atoms with Gasteiger partial charge in [0.1, 0.15) is 6.10 Å². The van der Waals surface area contributed by atoms with Crippen LogP contribution in [0.15, 0.2) is 16.4 Å². The standard InChI is InChI=1S/C16H28N2O/c1-4-7-13(5-2)15(18-6-3)19-14-8-11-17-12-16(14)9-10-16/h6,14,17H,4-5,7-12H2,1-3H3/b15-13-,18-6-. The minimum absolute atomic E-state index is 0.367. The van der Waals surface area contributed by atoms with Crippen LogP contribution in [0.3, 0.4) is 0 Å². The van der Waals surface area contributed by atoms with Gasteiger partial charge >= 0.3 is 0 Å². The molecule has 1 saturated heterocycles. The van der Waals surface area contributed by atoms with Gasteiger partial charge in [-0.05, 0) is 51.1 Å². The molecule has 3 heteroatoms. The third-order valence-corrected chi connectivity index (χ3v) is 4.42. The minimum atomic E-state index is 0.367. The summed E-state index contributed by atoms with van der Waals surface area (Å²) in [6, 6.07) is 0. The van der Waals surface area contributed by atoms with Gasteiger partial charge in [-0.2, -0.15) is 0 Å². The van der Waals surface area contributed by atoms with E-state index in [1.807, 2.05) is 13.1 Å². The van der Waals surface area contributed by atoms with Crippen molar-refractivity contribution in [2.75, 3.05) is 13.1 Å². The van der Waals surface area contributed by atoms with Gasteiger partial charge in [-0.1, -0.05) is 20.3 Å². The number of allylic oxidation sites excluding steroid dienone is 1. The Kier molecular flexibility index (Phi) is 5.03. The lowest BCUT2D eigenvalue weighted by molar-refractivity contribution is 0.0257. The second-order valence-electron chi connectivity index (χ2n) is 5.83. The molecule has 0 aromatic heterocycles. The van der Waals surface area contributed by atoms with Crippen molar-refractivity contribution < 1.29 is 4.74 Å². The Hall–Kier alpha value is -0.830. The van der Waals surface area contributed by atoms with Gasteiger partial charge in [0.2, 0.25) is 5.88 Å². The predicted molar refractivity (Wildman–Crippen MR) is 80.4 cm³/mol. The first kappa shape index (κ1) is 14.6. The van der Waals surface area contributed by atoms with Crippen molar-refractivity contribution in [3.05, 3.63) is 11.5 Å². The molecule has 2 fully saturated rings. The highest BCUT2D eigenvalue weighted by molar-refractivity contribution is 5.55. The minimum Gasteiger partial charge on any atom is -0.474 e. The molecular weight excluding hydrogens is 236 g/mol. The van der Waals surface area contributed by atoms with Crippen LogP contribution in [0.4, 0.5) is 0 Å². The Balaban J connectivity index is 2.11. The van der Waals surface area contributed by atoms with Crippen LogP contribution in [-0.2, 0) is 4.74 Å². The summed E-state index contributed by atoms with van der Waals surface area (Å²) in [6.45, 7) is 8.59. The lowest BCUT2D eigenvalue weighted by Gasteiger charge is -2.33. The lowest BCUT2D eigenvalue weighted by atomic mass is 9.93. The predicted octanol–water partition coefficient (Wildman–Crippen LogP) is 3.66. The molecule has 1 aliphatic heterocycles. The monoisotopic (exact) mass is 264 g/mol. The summed E-state index contributed by atoms with van der Waals surface area (Å²) >= 11 is 0. The van der Waals surface area contributed by atoms with Gasteiger partial charge in [0.25, 0.3) is 0 Å². The zero-order valence-electron chi connectivity index (χ0n) is 12.7. The Morgan fingerprint density at radius 1 is 1.42 bits per heavy atom. The first-order valence-electron chi connectivity index (χ1n) is 7.83. The van der Waals surface area contributed by atoms with Crippen LogP contribution in [0, 0.1) is 5.41 Å². The third-order valence-electron chi connectivity index (χ3n) is 4.42. The van der Waals surface area contributed by atoms with Crippen molar-refractivity contribution in [2.45, 2.75) is 65.4 Å². The van der Waals surface area contributed by atoms with E-state index in [-0.39, 0.29) is 0 Å². The van der Waals surface area contributed by atoms with Crippen molar-refractivity contribution in [1.29, 1.82) is 0 Å². The van der Waals surface area contributed by atoms with Crippen LogP contribution in [-0.4, -0.2) is 25.4 Å². The molecule has 0 aromatic carbocycles. The van der Waals surface area contributed by atoms with E-state index in [9.17, 15) is 0 Å². The van der Waals surface area contributed by atoms with Crippen molar-refractivity contribution in [1.82, 2.24) is 5.32 Å². The molecule has 1 saturated carbocycles. The van der Waals surface area contributed by atoms with Gasteiger partial charge in [-0.3, -0.25) is 0 Å². The smallest absolute Gasteiger partial charge is 0.212 e. The van der Waals surface area contributed by atoms with Gasteiger partial charge in [0.05, 0.1) is 0 Å². The molecule has 3 nitrogen and oxygen atoms in total. The van der Waals surface area contributed by atoms with Crippen LogP contribution in [0.1, 0.15) is 59.3 Å². The van der Waals surface area contributed by atoms with E-state index < -0.39 is 0 Å². The number of aliphatic imine (C=N–C) groups is 1. The summed E-state index contributed by atoms with van der Waals surface area (Å²) in [5, 5.41) is 3.51. The molecule has 1 unspecified atom stereocenters. The first-order valence-corrected chi connectivity index (χ1v) is 7.83. The van der Waals surface area contributed by atoms with Crippen LogP contribution in [0.25, 0.3) is 0 Å². The Morgan fingerprint density at radius 3 is 2.79 bits per heavy atom. The number of nitrogens with zero attached hydrogens (tertiary/aromatic N) is 1. The molecule has 19 heavy (non-hydrogen) atoms. The maximum atomic E-state index is 6.36. The van der Waals surface area contributed by atoms with Crippen molar-refractivity contribution in [3.63, 3.8) is 0 Å². The number of nitrogens with one attached hydrogen (secondary N) is 1. The SMILES string of the molecule is C/C=N\C(OC1CCNCC12CC2)=C(/CC)CCC. The zero-order valence-corrected chi connectivity index (χ0v) is 12.7. The summed E-state index contributed by atoms with van der Waals surface area (Å²) in [6.07, 6.45) is 9.26. The van der Waals surface area contributed by atoms with E-state index in [0.717, 1.165) is 44.7 Å². The second kappa shape index (κ2) is 6.56. The highest BCUT2D eigenvalue weighted by Crippen LogP contribution is 2.52. The summed E-state index contributed by atoms with van der Waals surface area (Å²) in [7, 11) is 0. The molecular formula is C16H28N2O. The number of rotatable bonds is 6. The zero-order chi connectivity index (χ0) is 13.7. The fourth-order valence-corrected chi connectivity index (χ4v) is 3.03. The molecule has 0 amide bonds. The van der Waals surface area contributed by atoms with Crippen LogP contribution in [0.5, 0.6) is 0 Å². The lowest BCUT2D eigenvalue weighted by Crippen LogP contribution is -2.42. The van der Waals surface area contributed by atoms with Gasteiger partial charge in [-0.15, -0.1) is 0 Å². The Labute approximate surface area is 117 Å². The third kappa shape index (κ3) is 3.38. The molecule has 1 atom stereocenters. The fraction of sp³-hybridized carbons (Fsp3) is 0.812. The van der Waals surface area contributed by atoms with E-state index in [1.165, 1.54) is 18.4 Å². The number of hydrogen-bond donors (Lipinski definition) is 1. The fourth-order valence-electron chi connectivity index (χ4n) is 3.03. The summed E-state index contributed by atoms with van der Waals surface area (Å²) in [5.41, 5.74) is 1.78. The molecule has 0 radical (unpaired) electrons. The highest BCUT2D eigenvalue weighted by Gasteiger charge is 2.52. The first-order chi connectivity index (χ1) is 9.25. The van der Waals surface area contributed by atoms with Gasteiger partial charge in [-0.25, -0.2) is 4.99 Å². The van der Waals surface area contributed by atoms with Crippen molar-refractivity contribution >= 4 is 6.21 Å². The number of piperidine rings is 1. The summed E-state index contributed by atoms with van der Waals surface area (Å²) < 4.78 is 6.36. The second-order valence-corrected chi connectivity index (χ2v) is 5.83. The molecule has 108 valence electrons. The van der Waals surface area contributed by atoms with Gasteiger partial charge < -0.3 is 10.1 Å². The molecule has 1 aliphatic carbocycles. The van der Waals surface area contributed by atoms with Crippen LogP contribution >= 0.6 is 0 Å². The summed E-state index contributed by atoms with van der Waals surface area (Å²) in [5.74, 6) is 0.907. The van der Waals surface area contributed by atoms with Crippen molar-refractivity contribution in [2.24, 2.45) is 10.4 Å². The van der Waals surface area contributed by atoms with Crippen LogP contribution < -0.4 is 5.32 Å². The molecule has 1 heterocycles.